The number of anilines is 1. The molecule has 13 heteroatoms. The lowest BCUT2D eigenvalue weighted by Crippen LogP contribution is -2.36. The number of carbonyl (C=O) groups excluding carboxylic acids is 1. The number of halogens is 4. The maximum absolute atomic E-state index is 14.0. The van der Waals surface area contributed by atoms with E-state index in [0.29, 0.717) is 23.2 Å². The molecule has 4 aromatic rings. The Balaban J connectivity index is 1.16. The third-order valence-corrected chi connectivity index (χ3v) is 8.94. The second kappa shape index (κ2) is 13.6. The van der Waals surface area contributed by atoms with Gasteiger partial charge in [-0.05, 0) is 90.8 Å². The first-order chi connectivity index (χ1) is 22.5. The van der Waals surface area contributed by atoms with Gasteiger partial charge in [-0.1, -0.05) is 49.9 Å². The van der Waals surface area contributed by atoms with E-state index in [9.17, 15) is 22.4 Å². The number of alkyl halides is 3. The van der Waals surface area contributed by atoms with Crippen molar-refractivity contribution in [3.05, 3.63) is 95.7 Å². The maximum Gasteiger partial charge on any atom is 0.573 e. The van der Waals surface area contributed by atoms with E-state index in [1.807, 2.05) is 43.0 Å². The average Bonchev–Trinajstić information content (AvgIpc) is 3.72. The maximum atomic E-state index is 14.0. The van der Waals surface area contributed by atoms with E-state index in [2.05, 4.69) is 25.1 Å². The lowest BCUT2D eigenvalue weighted by molar-refractivity contribution is -0.274. The molecule has 8 nitrogen and oxygen atoms in total. The number of hydrogen-bond acceptors (Lipinski definition) is 5. The highest BCUT2D eigenvalue weighted by Gasteiger charge is 2.31. The van der Waals surface area contributed by atoms with E-state index in [1.54, 1.807) is 12.1 Å². The van der Waals surface area contributed by atoms with Gasteiger partial charge in [-0.3, -0.25) is 0 Å². The zero-order valence-electron chi connectivity index (χ0n) is 25.7. The Labute approximate surface area is 273 Å². The van der Waals surface area contributed by atoms with Gasteiger partial charge in [-0.25, -0.2) is 18.9 Å². The highest BCUT2D eigenvalue weighted by atomic mass is 32.2. The summed E-state index contributed by atoms with van der Waals surface area (Å²) in [5, 5.41) is 8.11. The molecule has 1 aromatic heterocycles. The fourth-order valence-electron chi connectivity index (χ4n) is 5.69. The first kappa shape index (κ1) is 32.3. The second-order valence-corrected chi connectivity index (χ2v) is 12.5. The summed E-state index contributed by atoms with van der Waals surface area (Å²) in [7, 11) is 0. The lowest BCUT2D eigenvalue weighted by Gasteiger charge is -2.32. The van der Waals surface area contributed by atoms with Crippen LogP contribution in [0.15, 0.2) is 83.7 Å². The first-order valence-electron chi connectivity index (χ1n) is 15.2. The number of thioether (sulfide) groups is 1. The summed E-state index contributed by atoms with van der Waals surface area (Å²) in [5.41, 5.74) is 5.88. The number of nitrogens with zero attached hydrogens (tertiary/aromatic N) is 5. The number of nitrogens with one attached hydrogen (secondary N) is 1. The molecule has 0 spiro atoms. The monoisotopic (exact) mass is 664 g/mol. The van der Waals surface area contributed by atoms with E-state index >= 15 is 0 Å². The van der Waals surface area contributed by atoms with Crippen LogP contribution in [0.4, 0.5) is 28.0 Å². The Morgan fingerprint density at radius 1 is 1.00 bits per heavy atom. The molecule has 0 saturated carbocycles. The Morgan fingerprint density at radius 3 is 2.47 bits per heavy atom. The molecule has 1 fully saturated rings. The summed E-state index contributed by atoms with van der Waals surface area (Å²) in [5.74, 6) is 0.798. The van der Waals surface area contributed by atoms with Crippen LogP contribution in [-0.4, -0.2) is 44.6 Å². The van der Waals surface area contributed by atoms with Crippen molar-refractivity contribution < 1.29 is 27.1 Å². The van der Waals surface area contributed by atoms with Crippen molar-refractivity contribution in [2.45, 2.75) is 51.8 Å². The summed E-state index contributed by atoms with van der Waals surface area (Å²) in [4.78, 5) is 24.1. The Bertz CT molecular complexity index is 1820. The molecule has 2 heterocycles. The number of carbonyl (C=O) groups is 1. The molecule has 3 aromatic carbocycles. The van der Waals surface area contributed by atoms with E-state index in [-0.39, 0.29) is 17.5 Å². The van der Waals surface area contributed by atoms with Crippen LogP contribution >= 0.6 is 11.8 Å². The SMILES string of the molecule is CC(C)c1cc(F)ccc1N1CCCS/C1=N\C(=O)NC1=C(c2ccc(-c3ncn(-c4ccc(OC(F)(F)F)cc4)n3)cc2)CCC1. The molecule has 0 atom stereocenters. The highest BCUT2D eigenvalue weighted by Crippen LogP contribution is 2.35. The molecular formula is C34H32F4N6O2S. The normalized spacial score (nSPS) is 16.3. The van der Waals surface area contributed by atoms with Crippen molar-refractivity contribution >= 4 is 34.2 Å². The smallest absolute Gasteiger partial charge is 0.406 e. The van der Waals surface area contributed by atoms with Gasteiger partial charge in [0.05, 0.1) is 5.69 Å². The van der Waals surface area contributed by atoms with Crippen LogP contribution in [0.3, 0.4) is 0 Å². The van der Waals surface area contributed by atoms with Gasteiger partial charge in [0.1, 0.15) is 17.9 Å². The van der Waals surface area contributed by atoms with Crippen molar-refractivity contribution in [3.8, 4) is 22.8 Å². The second-order valence-electron chi connectivity index (χ2n) is 11.5. The standard InChI is InChI=1S/C34H32F4N6O2S/c1-21(2)28-19-24(35)11-16-30(28)43-17-4-18-47-33(43)41-32(45)40-29-6-3-5-27(29)22-7-9-23(10-8-22)31-39-20-44(42-31)25-12-14-26(15-13-25)46-34(36,37)38/h7-16,19-21H,3-6,17-18H2,1-2H3,(H,40,45)/b41-33-. The number of rotatable bonds is 7. The molecule has 1 N–H and O–H groups in total. The topological polar surface area (TPSA) is 84.6 Å². The van der Waals surface area contributed by atoms with Crippen LogP contribution in [0.5, 0.6) is 5.75 Å². The molecule has 6 rings (SSSR count). The van der Waals surface area contributed by atoms with Gasteiger partial charge in [-0.2, -0.15) is 4.99 Å². The number of allylic oxidation sites excluding steroid dienone is 2. The van der Waals surface area contributed by atoms with Crippen molar-refractivity contribution in [2.24, 2.45) is 4.99 Å². The van der Waals surface area contributed by atoms with E-state index in [4.69, 9.17) is 0 Å². The number of ether oxygens (including phenoxy) is 1. The van der Waals surface area contributed by atoms with Crippen LogP contribution < -0.4 is 15.0 Å². The zero-order chi connectivity index (χ0) is 33.1. The van der Waals surface area contributed by atoms with Crippen LogP contribution in [0.1, 0.15) is 56.6 Å². The van der Waals surface area contributed by atoms with Gasteiger partial charge in [-0.15, -0.1) is 18.3 Å². The molecule has 0 bridgehead atoms. The van der Waals surface area contributed by atoms with Gasteiger partial charge in [0.2, 0.25) is 0 Å². The predicted molar refractivity (Wildman–Crippen MR) is 175 cm³/mol. The van der Waals surface area contributed by atoms with Gasteiger partial charge >= 0.3 is 12.4 Å². The minimum atomic E-state index is -4.76. The van der Waals surface area contributed by atoms with Crippen LogP contribution in [-0.2, 0) is 0 Å². The third-order valence-electron chi connectivity index (χ3n) is 7.88. The number of hydrogen-bond donors (Lipinski definition) is 1. The first-order valence-corrected chi connectivity index (χ1v) is 16.2. The molecule has 1 saturated heterocycles. The molecule has 0 unspecified atom stereocenters. The number of amides is 2. The van der Waals surface area contributed by atoms with Gasteiger partial charge < -0.3 is 15.0 Å². The third kappa shape index (κ3) is 7.67. The fraction of sp³-hybridized carbons (Fsp3) is 0.294. The van der Waals surface area contributed by atoms with Crippen molar-refractivity contribution in [3.63, 3.8) is 0 Å². The summed E-state index contributed by atoms with van der Waals surface area (Å²) in [6, 6.07) is 17.4. The van der Waals surface area contributed by atoms with Crippen molar-refractivity contribution in [1.82, 2.24) is 20.1 Å². The predicted octanol–water partition coefficient (Wildman–Crippen LogP) is 8.70. The summed E-state index contributed by atoms with van der Waals surface area (Å²) in [6.07, 6.45) is 0.0807. The highest BCUT2D eigenvalue weighted by molar-refractivity contribution is 8.14. The zero-order valence-corrected chi connectivity index (χ0v) is 26.5. The van der Waals surface area contributed by atoms with Gasteiger partial charge in [0.15, 0.2) is 11.0 Å². The van der Waals surface area contributed by atoms with Gasteiger partial charge in [0, 0.05) is 29.2 Å². The Morgan fingerprint density at radius 2 is 1.74 bits per heavy atom. The average molecular weight is 665 g/mol. The minimum Gasteiger partial charge on any atom is -0.406 e. The quantitative estimate of drug-likeness (QED) is 0.199. The van der Waals surface area contributed by atoms with Crippen LogP contribution in [0, 0.1) is 5.82 Å². The number of amidine groups is 1. The minimum absolute atomic E-state index is 0.106. The Hall–Kier alpha value is -4.65. The van der Waals surface area contributed by atoms with E-state index in [1.165, 1.54) is 53.1 Å². The van der Waals surface area contributed by atoms with Gasteiger partial charge in [0.25, 0.3) is 0 Å². The molecule has 47 heavy (non-hydrogen) atoms. The summed E-state index contributed by atoms with van der Waals surface area (Å²) < 4.78 is 56.8. The molecule has 244 valence electrons. The number of benzene rings is 3. The van der Waals surface area contributed by atoms with Crippen LogP contribution in [0.2, 0.25) is 0 Å². The number of aliphatic imine (C=N–C) groups is 1. The van der Waals surface area contributed by atoms with E-state index < -0.39 is 12.4 Å². The van der Waals surface area contributed by atoms with Crippen molar-refractivity contribution in [1.29, 1.82) is 0 Å². The molecule has 0 radical (unpaired) electrons. The largest absolute Gasteiger partial charge is 0.573 e. The molecule has 1 aliphatic carbocycles. The molecular weight excluding hydrogens is 632 g/mol. The fourth-order valence-corrected chi connectivity index (χ4v) is 6.64. The summed E-state index contributed by atoms with van der Waals surface area (Å²) >= 11 is 1.52. The van der Waals surface area contributed by atoms with Crippen LogP contribution in [0.25, 0.3) is 22.6 Å². The number of aromatic nitrogens is 3. The molecule has 1 aliphatic heterocycles. The number of urea groups is 1. The van der Waals surface area contributed by atoms with E-state index in [0.717, 1.165) is 65.1 Å². The molecule has 2 amide bonds. The van der Waals surface area contributed by atoms with Crippen molar-refractivity contribution in [2.75, 3.05) is 17.2 Å². The molecule has 2 aliphatic rings. The lowest BCUT2D eigenvalue weighted by atomic mass is 10.00. The Kier molecular flexibility index (Phi) is 9.35. The summed E-state index contributed by atoms with van der Waals surface area (Å²) in [6.45, 7) is 4.73.